The van der Waals surface area contributed by atoms with Crippen molar-refractivity contribution in [1.82, 2.24) is 0 Å². The highest BCUT2D eigenvalue weighted by Crippen LogP contribution is 2.61. The van der Waals surface area contributed by atoms with Gasteiger partial charge in [0.15, 0.2) is 0 Å². The van der Waals surface area contributed by atoms with Gasteiger partial charge in [0.05, 0.1) is 0 Å². The molecule has 0 aliphatic carbocycles. The minimum atomic E-state index is -2.21. The largest absolute Gasteiger partial charge is 0.246 e. The van der Waals surface area contributed by atoms with Gasteiger partial charge >= 0.3 is 0 Å². The van der Waals surface area contributed by atoms with Crippen molar-refractivity contribution >= 4 is 53.1 Å². The van der Waals surface area contributed by atoms with E-state index in [-0.39, 0.29) is 0 Å². The normalized spacial score (nSPS) is 16.2. The van der Waals surface area contributed by atoms with Gasteiger partial charge in [-0.05, 0) is 10.5 Å². The summed E-state index contributed by atoms with van der Waals surface area (Å²) in [7, 11) is -4.27. The molecule has 6 heteroatoms. The second-order valence-corrected chi connectivity index (χ2v) is 34.8. The van der Waals surface area contributed by atoms with Crippen LogP contribution >= 0.6 is 22.2 Å². The average molecular weight is 346 g/mol. The van der Waals surface area contributed by atoms with Crippen LogP contribution in [0.4, 0.5) is 0 Å². The van der Waals surface area contributed by atoms with Crippen molar-refractivity contribution in [3.05, 3.63) is 0 Å². The molecule has 0 rings (SSSR count). The summed E-state index contributed by atoms with van der Waals surface area (Å²) in [5.74, 6) is 0. The number of halogens is 2. The van der Waals surface area contributed by atoms with Crippen LogP contribution in [0.3, 0.4) is 0 Å². The molecule has 0 amide bonds. The Hall–Kier alpha value is 1.45. The van der Waals surface area contributed by atoms with Gasteiger partial charge in [0.1, 0.15) is 0 Å². The highest BCUT2D eigenvalue weighted by Gasteiger charge is 2.68. The maximum Gasteiger partial charge on any atom is 0.246 e. The molecule has 0 nitrogen and oxygen atoms in total. The first-order chi connectivity index (χ1) is 7.00. The molecule has 0 spiro atoms. The monoisotopic (exact) mass is 344 g/mol. The van der Waals surface area contributed by atoms with Gasteiger partial charge < -0.3 is 0 Å². The first-order valence-electron chi connectivity index (χ1n) is 6.38. The van der Waals surface area contributed by atoms with Crippen LogP contribution < -0.4 is 0 Å². The van der Waals surface area contributed by atoms with Crippen LogP contribution in [0.5, 0.6) is 0 Å². The highest BCUT2D eigenvalue weighted by atomic mass is 35.7. The van der Waals surface area contributed by atoms with Crippen molar-refractivity contribution < 1.29 is 0 Å². The minimum absolute atomic E-state index is 0.336. The van der Waals surface area contributed by atoms with Crippen LogP contribution in [0.15, 0.2) is 0 Å². The molecule has 0 aromatic heterocycles. The summed E-state index contributed by atoms with van der Waals surface area (Å²) in [6, 6.07) is 0. The fraction of sp³-hybridized carbons (Fsp3) is 1.00. The summed E-state index contributed by atoms with van der Waals surface area (Å²) < 4.78 is 0.336. The van der Waals surface area contributed by atoms with E-state index in [1.165, 1.54) is 0 Å². The quantitative estimate of drug-likeness (QED) is 0.439. The topological polar surface area (TPSA) is 0 Å². The number of rotatable bonds is 4. The molecule has 0 aliphatic rings. The van der Waals surface area contributed by atoms with E-state index in [4.69, 9.17) is 22.2 Å². The summed E-state index contributed by atoms with van der Waals surface area (Å²) in [6.45, 7) is 22.3. The van der Waals surface area contributed by atoms with E-state index in [9.17, 15) is 0 Å². The van der Waals surface area contributed by atoms with Crippen LogP contribution in [-0.4, -0.2) is 30.9 Å². The second-order valence-electron chi connectivity index (χ2n) is 8.39. The molecule has 0 saturated heterocycles. The van der Waals surface area contributed by atoms with Gasteiger partial charge in [-0.25, -0.2) is 0 Å². The lowest BCUT2D eigenvalue weighted by atomic mass is 11.6. The Morgan fingerprint density at radius 2 is 0.706 bits per heavy atom. The molecule has 0 N–H and O–H groups in total. The van der Waals surface area contributed by atoms with E-state index < -0.39 is 30.9 Å². The van der Waals surface area contributed by atoms with Crippen LogP contribution in [0, 0.1) is 0 Å². The zero-order valence-electron chi connectivity index (χ0n) is 13.3. The van der Waals surface area contributed by atoms with Crippen molar-refractivity contribution in [2.24, 2.45) is 0 Å². The standard InChI is InChI=1S/C11H30Cl2Si4/c1-14(2,3)11(15(4,5)6,16(7,8)9)17(10,12)13/h1-10H3. The van der Waals surface area contributed by atoms with Crippen LogP contribution in [0.25, 0.3) is 0 Å². The third-order valence-electron chi connectivity index (χ3n) is 4.03. The van der Waals surface area contributed by atoms with Crippen molar-refractivity contribution in [2.45, 2.75) is 69.4 Å². The van der Waals surface area contributed by atoms with Crippen molar-refractivity contribution in [2.75, 3.05) is 0 Å². The number of hydrogen-bond acceptors (Lipinski definition) is 0. The lowest BCUT2D eigenvalue weighted by molar-refractivity contribution is 1.21. The molecule has 0 heterocycles. The molecule has 0 radical (unpaired) electrons. The Bertz CT molecular complexity index is 214. The maximum absolute atomic E-state index is 6.92. The Morgan fingerprint density at radius 3 is 0.706 bits per heavy atom. The predicted molar refractivity (Wildman–Crippen MR) is 96.1 cm³/mol. The fourth-order valence-corrected chi connectivity index (χ4v) is 63.5. The predicted octanol–water partition coefficient (Wildman–Crippen LogP) is 5.91. The zero-order valence-corrected chi connectivity index (χ0v) is 18.8. The lowest BCUT2D eigenvalue weighted by Gasteiger charge is -2.62. The Balaban J connectivity index is 6.37. The van der Waals surface area contributed by atoms with Gasteiger partial charge in [-0.15, -0.1) is 22.2 Å². The van der Waals surface area contributed by atoms with E-state index in [0.29, 0.717) is 3.91 Å². The first-order valence-corrected chi connectivity index (χ1v) is 21.4. The molecule has 0 aromatic rings. The maximum atomic E-state index is 6.92. The summed E-state index contributed by atoms with van der Waals surface area (Å²) in [5.41, 5.74) is 0. The molecule has 0 saturated carbocycles. The molecule has 0 aromatic carbocycles. The Kier molecular flexibility index (Phi) is 5.18. The molecule has 0 atom stereocenters. The molecule has 0 aliphatic heterocycles. The summed E-state index contributed by atoms with van der Waals surface area (Å²) >= 11 is 13.8. The zero-order chi connectivity index (χ0) is 14.5. The molecule has 0 bridgehead atoms. The van der Waals surface area contributed by atoms with Gasteiger partial charge in [-0.1, -0.05) is 58.9 Å². The van der Waals surface area contributed by atoms with E-state index >= 15 is 0 Å². The Morgan fingerprint density at radius 1 is 0.529 bits per heavy atom. The fourth-order valence-electron chi connectivity index (χ4n) is 5.35. The van der Waals surface area contributed by atoms with Gasteiger partial charge in [0.25, 0.3) is 0 Å². The summed E-state index contributed by atoms with van der Waals surface area (Å²) in [6.07, 6.45) is 0. The molecule has 104 valence electrons. The van der Waals surface area contributed by atoms with Crippen LogP contribution in [0.1, 0.15) is 0 Å². The van der Waals surface area contributed by atoms with E-state index in [1.807, 2.05) is 0 Å². The Labute approximate surface area is 122 Å². The van der Waals surface area contributed by atoms with Gasteiger partial charge in [0.2, 0.25) is 6.69 Å². The minimum Gasteiger partial charge on any atom is -0.146 e. The smallest absolute Gasteiger partial charge is 0.146 e. The van der Waals surface area contributed by atoms with Crippen LogP contribution in [-0.2, 0) is 0 Å². The molecular formula is C11H30Cl2Si4. The van der Waals surface area contributed by atoms with Gasteiger partial charge in [-0.2, -0.15) is 0 Å². The lowest BCUT2D eigenvalue weighted by Crippen LogP contribution is -2.73. The van der Waals surface area contributed by atoms with E-state index in [1.54, 1.807) is 0 Å². The van der Waals surface area contributed by atoms with Crippen molar-refractivity contribution in [3.63, 3.8) is 0 Å². The van der Waals surface area contributed by atoms with Crippen molar-refractivity contribution in [1.29, 1.82) is 0 Å². The highest BCUT2D eigenvalue weighted by molar-refractivity contribution is 7.56. The third kappa shape index (κ3) is 2.97. The van der Waals surface area contributed by atoms with Gasteiger partial charge in [0, 0.05) is 24.2 Å². The average Bonchev–Trinajstić information content (AvgIpc) is 1.67. The summed E-state index contributed by atoms with van der Waals surface area (Å²) in [5, 5.41) is 0. The van der Waals surface area contributed by atoms with Crippen molar-refractivity contribution in [3.8, 4) is 0 Å². The molecule has 0 unspecified atom stereocenters. The second kappa shape index (κ2) is 4.77. The molecule has 17 heavy (non-hydrogen) atoms. The van der Waals surface area contributed by atoms with Gasteiger partial charge in [-0.3, -0.25) is 0 Å². The first kappa shape index (κ1) is 18.4. The summed E-state index contributed by atoms with van der Waals surface area (Å²) in [4.78, 5) is 0. The SMILES string of the molecule is C[Si](C)(C)C([Si](C)(C)C)([Si](C)(C)C)[Si](C)(Cl)Cl. The number of hydrogen-bond donors (Lipinski definition) is 0. The van der Waals surface area contributed by atoms with E-state index in [2.05, 4.69) is 65.5 Å². The molecule has 0 fully saturated rings. The third-order valence-corrected chi connectivity index (χ3v) is 41.4. The van der Waals surface area contributed by atoms with E-state index in [0.717, 1.165) is 0 Å². The van der Waals surface area contributed by atoms with Crippen LogP contribution in [0.2, 0.25) is 69.4 Å². The molecular weight excluding hydrogens is 315 g/mol.